The molecule has 0 aliphatic heterocycles. The van der Waals surface area contributed by atoms with Gasteiger partial charge < -0.3 is 0 Å². The highest BCUT2D eigenvalue weighted by Crippen LogP contribution is 2.26. The predicted octanol–water partition coefficient (Wildman–Crippen LogP) is 1.27. The van der Waals surface area contributed by atoms with E-state index in [9.17, 15) is 8.78 Å². The van der Waals surface area contributed by atoms with Gasteiger partial charge in [-0.2, -0.15) is 0 Å². The Balaban J connectivity index is 2.57. The van der Waals surface area contributed by atoms with Crippen LogP contribution in [-0.4, -0.2) is 5.92 Å². The Kier molecular flexibility index (Phi) is 0.508. The molecule has 0 unspecified atom stereocenters. The first kappa shape index (κ1) is 3.78. The summed E-state index contributed by atoms with van der Waals surface area (Å²) in [5.41, 5.74) is 0. The maximum Gasteiger partial charge on any atom is 0.277 e. The molecule has 0 saturated heterocycles. The summed E-state index contributed by atoms with van der Waals surface area (Å²) in [6.07, 6.45) is 3.78. The number of halogens is 2. The van der Waals surface area contributed by atoms with Gasteiger partial charge in [-0.15, -0.1) is 0 Å². The van der Waals surface area contributed by atoms with Gasteiger partial charge in [-0.05, 0) is 6.08 Å². The highest BCUT2D eigenvalue weighted by Gasteiger charge is 2.30. The molecule has 0 nitrogen and oxygen atoms in total. The molecule has 1 aliphatic carbocycles. The van der Waals surface area contributed by atoms with Crippen LogP contribution in [0.1, 0.15) is 0 Å². The SMILES string of the molecule is FC1(F)[C]C=C1. The van der Waals surface area contributed by atoms with Crippen molar-refractivity contribution in [2.45, 2.75) is 5.92 Å². The summed E-state index contributed by atoms with van der Waals surface area (Å²) >= 11 is 0. The lowest BCUT2D eigenvalue weighted by Crippen LogP contribution is -2.18. The van der Waals surface area contributed by atoms with Gasteiger partial charge in [0.1, 0.15) is 0 Å². The van der Waals surface area contributed by atoms with Crippen molar-refractivity contribution in [3.8, 4) is 0 Å². The highest BCUT2D eigenvalue weighted by atomic mass is 19.3. The zero-order valence-electron chi connectivity index (χ0n) is 2.91. The van der Waals surface area contributed by atoms with Crippen molar-refractivity contribution in [2.24, 2.45) is 0 Å². The number of hydrogen-bond donors (Lipinski definition) is 0. The van der Waals surface area contributed by atoms with Gasteiger partial charge in [0.2, 0.25) is 0 Å². The fraction of sp³-hybridized carbons (Fsp3) is 0.250. The van der Waals surface area contributed by atoms with E-state index in [2.05, 4.69) is 0 Å². The van der Waals surface area contributed by atoms with E-state index < -0.39 is 5.92 Å². The molecular weight excluding hydrogens is 86.0 g/mol. The molecule has 1 rings (SSSR count). The van der Waals surface area contributed by atoms with Crippen molar-refractivity contribution in [3.63, 3.8) is 0 Å². The number of allylic oxidation sites excluding steroid dienone is 2. The van der Waals surface area contributed by atoms with E-state index in [0.29, 0.717) is 0 Å². The molecule has 0 amide bonds. The third-order valence-corrected chi connectivity index (χ3v) is 0.568. The summed E-state index contributed by atoms with van der Waals surface area (Å²) in [7, 11) is 0. The zero-order chi connectivity index (χ0) is 4.62. The smallest absolute Gasteiger partial charge is 0.201 e. The van der Waals surface area contributed by atoms with Crippen LogP contribution in [0.15, 0.2) is 12.2 Å². The Bertz CT molecular complexity index is 83.5. The van der Waals surface area contributed by atoms with Crippen LogP contribution in [0.25, 0.3) is 0 Å². The van der Waals surface area contributed by atoms with Gasteiger partial charge in [-0.25, -0.2) is 8.78 Å². The van der Waals surface area contributed by atoms with E-state index in [1.807, 2.05) is 0 Å². The van der Waals surface area contributed by atoms with Gasteiger partial charge in [0.25, 0.3) is 5.92 Å². The van der Waals surface area contributed by atoms with E-state index in [4.69, 9.17) is 0 Å². The van der Waals surface area contributed by atoms with Crippen LogP contribution < -0.4 is 0 Å². The Morgan fingerprint density at radius 1 is 1.50 bits per heavy atom. The average Bonchev–Trinajstić information content (AvgIpc) is 1.32. The minimum Gasteiger partial charge on any atom is -0.201 e. The largest absolute Gasteiger partial charge is 0.277 e. The van der Waals surface area contributed by atoms with Crippen molar-refractivity contribution in [3.05, 3.63) is 18.6 Å². The van der Waals surface area contributed by atoms with Crippen LogP contribution in [0.3, 0.4) is 0 Å². The number of hydrogen-bond acceptors (Lipinski definition) is 0. The Morgan fingerprint density at radius 3 is 1.83 bits per heavy atom. The van der Waals surface area contributed by atoms with E-state index >= 15 is 0 Å². The van der Waals surface area contributed by atoms with Crippen LogP contribution in [-0.2, 0) is 0 Å². The van der Waals surface area contributed by atoms with Crippen molar-refractivity contribution >= 4 is 0 Å². The highest BCUT2D eigenvalue weighted by molar-refractivity contribution is 5.23. The van der Waals surface area contributed by atoms with Crippen LogP contribution >= 0.6 is 0 Å². The van der Waals surface area contributed by atoms with Crippen molar-refractivity contribution in [2.75, 3.05) is 0 Å². The number of alkyl halides is 2. The molecule has 0 bridgehead atoms. The lowest BCUT2D eigenvalue weighted by molar-refractivity contribution is 0.0834. The van der Waals surface area contributed by atoms with Gasteiger partial charge in [0.05, 0.1) is 6.42 Å². The first-order valence-electron chi connectivity index (χ1n) is 1.54. The fourth-order valence-electron chi connectivity index (χ4n) is 0.209. The summed E-state index contributed by atoms with van der Waals surface area (Å²) in [6, 6.07) is 0. The Hall–Kier alpha value is -0.400. The molecule has 0 fully saturated rings. The maximum atomic E-state index is 11.3. The van der Waals surface area contributed by atoms with Gasteiger partial charge in [-0.1, -0.05) is 6.08 Å². The molecule has 0 heterocycles. The molecule has 0 aromatic carbocycles. The van der Waals surface area contributed by atoms with E-state index in [0.717, 1.165) is 6.08 Å². The van der Waals surface area contributed by atoms with E-state index in [-0.39, 0.29) is 0 Å². The monoisotopic (exact) mass is 88.0 g/mol. The summed E-state index contributed by atoms with van der Waals surface area (Å²) in [5, 5.41) is 0. The molecule has 0 atom stereocenters. The fourth-order valence-corrected chi connectivity index (χ4v) is 0.209. The zero-order valence-corrected chi connectivity index (χ0v) is 2.91. The molecule has 0 saturated carbocycles. The molecule has 0 N–H and O–H groups in total. The van der Waals surface area contributed by atoms with Crippen LogP contribution in [0, 0.1) is 6.42 Å². The maximum absolute atomic E-state index is 11.3. The summed E-state index contributed by atoms with van der Waals surface area (Å²) in [5.74, 6) is -2.71. The van der Waals surface area contributed by atoms with Crippen molar-refractivity contribution in [1.29, 1.82) is 0 Å². The normalized spacial score (nSPS) is 26.3. The summed E-state index contributed by atoms with van der Waals surface area (Å²) in [4.78, 5) is 0. The van der Waals surface area contributed by atoms with Crippen molar-refractivity contribution in [1.82, 2.24) is 0 Å². The molecule has 0 aromatic rings. The lowest BCUT2D eigenvalue weighted by atomic mass is 10.1. The average molecular weight is 88.1 g/mol. The molecule has 6 heavy (non-hydrogen) atoms. The first-order chi connectivity index (χ1) is 2.71. The molecule has 0 spiro atoms. The minimum absolute atomic E-state index is 0.799. The quantitative estimate of drug-likeness (QED) is 0.418. The second-order valence-corrected chi connectivity index (χ2v) is 1.10. The van der Waals surface area contributed by atoms with Crippen LogP contribution in [0.2, 0.25) is 0 Å². The second-order valence-electron chi connectivity index (χ2n) is 1.10. The standard InChI is InChI=1S/C4H2F2/c5-4(6)2-1-3-4/h1-2H. The van der Waals surface area contributed by atoms with E-state index in [1.165, 1.54) is 6.08 Å². The van der Waals surface area contributed by atoms with Gasteiger partial charge >= 0.3 is 0 Å². The Morgan fingerprint density at radius 2 is 1.83 bits per heavy atom. The third-order valence-electron chi connectivity index (χ3n) is 0.568. The lowest BCUT2D eigenvalue weighted by Gasteiger charge is -2.13. The molecule has 2 heteroatoms. The molecule has 32 valence electrons. The second kappa shape index (κ2) is 0.806. The summed E-state index contributed by atoms with van der Waals surface area (Å²) < 4.78 is 22.7. The summed E-state index contributed by atoms with van der Waals surface area (Å²) in [6.45, 7) is 0. The number of rotatable bonds is 0. The molecule has 0 aromatic heterocycles. The van der Waals surface area contributed by atoms with Crippen molar-refractivity contribution < 1.29 is 8.78 Å². The van der Waals surface area contributed by atoms with Crippen LogP contribution in [0.4, 0.5) is 8.78 Å². The molecule has 1 aliphatic rings. The topological polar surface area (TPSA) is 0 Å². The van der Waals surface area contributed by atoms with Gasteiger partial charge in [0.15, 0.2) is 0 Å². The van der Waals surface area contributed by atoms with E-state index in [1.54, 1.807) is 6.42 Å². The first-order valence-corrected chi connectivity index (χ1v) is 1.54. The third kappa shape index (κ3) is 0.421. The predicted molar refractivity (Wildman–Crippen MR) is 17.3 cm³/mol. The molecule has 2 radical (unpaired) electrons. The van der Waals surface area contributed by atoms with Gasteiger partial charge in [0, 0.05) is 0 Å². The minimum atomic E-state index is -2.71. The molecular formula is C4H2F2. The van der Waals surface area contributed by atoms with Crippen LogP contribution in [0.5, 0.6) is 0 Å². The van der Waals surface area contributed by atoms with Gasteiger partial charge in [-0.3, -0.25) is 0 Å². The Labute approximate surface area is 34.5 Å².